The largest absolute Gasteiger partial charge is 0.497 e. The quantitative estimate of drug-likeness (QED) is 0.416. The molecule has 26 heavy (non-hydrogen) atoms. The Bertz CT molecular complexity index is 670. The van der Waals surface area contributed by atoms with Crippen molar-refractivity contribution in [3.05, 3.63) is 48.1 Å². The van der Waals surface area contributed by atoms with E-state index >= 15 is 0 Å². The lowest BCUT2D eigenvalue weighted by Gasteiger charge is -2.33. The van der Waals surface area contributed by atoms with Crippen molar-refractivity contribution >= 4 is 17.8 Å². The van der Waals surface area contributed by atoms with Gasteiger partial charge in [0.1, 0.15) is 11.6 Å². The summed E-state index contributed by atoms with van der Waals surface area (Å²) in [6.07, 6.45) is 13.1. The summed E-state index contributed by atoms with van der Waals surface area (Å²) in [5.41, 5.74) is 0.946. The van der Waals surface area contributed by atoms with Crippen molar-refractivity contribution in [2.24, 2.45) is 4.99 Å². The zero-order chi connectivity index (χ0) is 18.8. The molecule has 140 valence electrons. The number of ether oxygens (including phenoxy) is 1. The van der Waals surface area contributed by atoms with E-state index in [-0.39, 0.29) is 11.9 Å². The number of methoxy groups -OCH3 is 1. The predicted octanol–water partition coefficient (Wildman–Crippen LogP) is 4.86. The highest BCUT2D eigenvalue weighted by Gasteiger charge is 2.26. The first-order valence-corrected chi connectivity index (χ1v) is 9.52. The molecule has 1 aromatic rings. The lowest BCUT2D eigenvalue weighted by molar-refractivity contribution is -0.124. The number of hydrogen-bond acceptors (Lipinski definition) is 3. The highest BCUT2D eigenvalue weighted by Crippen LogP contribution is 2.24. The molecule has 1 aliphatic carbocycles. The second kappa shape index (κ2) is 10.6. The van der Waals surface area contributed by atoms with Gasteiger partial charge in [-0.25, -0.2) is 0 Å². The van der Waals surface area contributed by atoms with Crippen LogP contribution in [0.5, 0.6) is 5.75 Å². The molecular formula is C22H30N2O2. The fourth-order valence-corrected chi connectivity index (χ4v) is 3.33. The number of allylic oxidation sites excluding steroid dienone is 1. The van der Waals surface area contributed by atoms with E-state index in [1.807, 2.05) is 61.2 Å². The van der Waals surface area contributed by atoms with Gasteiger partial charge in [0.05, 0.1) is 7.11 Å². The number of benzene rings is 1. The molecule has 0 atom stereocenters. The molecule has 4 heteroatoms. The molecule has 0 radical (unpaired) electrons. The Kier molecular flexibility index (Phi) is 8.13. The second-order valence-corrected chi connectivity index (χ2v) is 6.44. The minimum atomic E-state index is -0.00924. The van der Waals surface area contributed by atoms with Crippen LogP contribution in [0.2, 0.25) is 0 Å². The monoisotopic (exact) mass is 354 g/mol. The summed E-state index contributed by atoms with van der Waals surface area (Å²) in [6, 6.07) is 7.93. The number of aliphatic imine (C=N–C) groups is 1. The first-order valence-electron chi connectivity index (χ1n) is 9.52. The molecule has 4 nitrogen and oxygen atoms in total. The normalized spacial score (nSPS) is 16.3. The van der Waals surface area contributed by atoms with Crippen LogP contribution in [0.1, 0.15) is 51.5 Å². The van der Waals surface area contributed by atoms with E-state index in [0.29, 0.717) is 6.54 Å². The third-order valence-corrected chi connectivity index (χ3v) is 4.57. The maximum absolute atomic E-state index is 13.1. The van der Waals surface area contributed by atoms with Gasteiger partial charge in [-0.1, -0.05) is 37.5 Å². The Hall–Kier alpha value is -2.36. The number of rotatable bonds is 6. The Labute approximate surface area is 157 Å². The molecular weight excluding hydrogens is 324 g/mol. The maximum Gasteiger partial charge on any atom is 0.252 e. The maximum atomic E-state index is 13.1. The molecule has 1 aromatic carbocycles. The Balaban J connectivity index is 2.26. The van der Waals surface area contributed by atoms with Gasteiger partial charge in [-0.2, -0.15) is 0 Å². The van der Waals surface area contributed by atoms with Crippen molar-refractivity contribution in [1.82, 2.24) is 4.90 Å². The van der Waals surface area contributed by atoms with Crippen molar-refractivity contribution in [2.75, 3.05) is 13.7 Å². The molecule has 0 spiro atoms. The third kappa shape index (κ3) is 5.58. The fraction of sp³-hybridized carbons (Fsp3) is 0.455. The average molecular weight is 354 g/mol. The number of amides is 1. The van der Waals surface area contributed by atoms with Crippen LogP contribution in [0.4, 0.5) is 0 Å². The van der Waals surface area contributed by atoms with Crippen LogP contribution in [0, 0.1) is 0 Å². The summed E-state index contributed by atoms with van der Waals surface area (Å²) in [5.74, 6) is 1.54. The third-order valence-electron chi connectivity index (χ3n) is 4.57. The van der Waals surface area contributed by atoms with Gasteiger partial charge in [0, 0.05) is 18.7 Å². The highest BCUT2D eigenvalue weighted by atomic mass is 16.5. The van der Waals surface area contributed by atoms with Crippen molar-refractivity contribution in [2.45, 2.75) is 52.0 Å². The van der Waals surface area contributed by atoms with Gasteiger partial charge in [0.15, 0.2) is 0 Å². The SMILES string of the molecule is C/C=C\C(=NCC)N(C(=O)/C=C/c1cccc(OC)c1)C1CCCCC1. The van der Waals surface area contributed by atoms with E-state index < -0.39 is 0 Å². The number of carbonyl (C=O) groups is 1. The number of amidine groups is 1. The highest BCUT2D eigenvalue weighted by molar-refractivity contribution is 6.09. The predicted molar refractivity (Wildman–Crippen MR) is 109 cm³/mol. The minimum Gasteiger partial charge on any atom is -0.497 e. The van der Waals surface area contributed by atoms with E-state index in [0.717, 1.165) is 30.0 Å². The Morgan fingerprint density at radius 2 is 2.04 bits per heavy atom. The minimum absolute atomic E-state index is 0.00924. The Morgan fingerprint density at radius 3 is 2.69 bits per heavy atom. The molecule has 0 N–H and O–H groups in total. The summed E-state index contributed by atoms with van der Waals surface area (Å²) in [5, 5.41) is 0. The summed E-state index contributed by atoms with van der Waals surface area (Å²) >= 11 is 0. The van der Waals surface area contributed by atoms with Crippen LogP contribution in [-0.4, -0.2) is 36.3 Å². The average Bonchev–Trinajstić information content (AvgIpc) is 2.68. The van der Waals surface area contributed by atoms with Crippen molar-refractivity contribution in [1.29, 1.82) is 0 Å². The van der Waals surface area contributed by atoms with E-state index in [1.54, 1.807) is 13.2 Å². The van der Waals surface area contributed by atoms with Crippen LogP contribution < -0.4 is 4.74 Å². The zero-order valence-electron chi connectivity index (χ0n) is 16.1. The molecule has 0 heterocycles. The molecule has 2 rings (SSSR count). The molecule has 1 fully saturated rings. The van der Waals surface area contributed by atoms with Crippen LogP contribution in [0.3, 0.4) is 0 Å². The van der Waals surface area contributed by atoms with Gasteiger partial charge in [0.25, 0.3) is 5.91 Å². The molecule has 0 unspecified atom stereocenters. The van der Waals surface area contributed by atoms with Crippen LogP contribution >= 0.6 is 0 Å². The number of nitrogens with zero attached hydrogens (tertiary/aromatic N) is 2. The lowest BCUT2D eigenvalue weighted by atomic mass is 9.94. The first-order chi connectivity index (χ1) is 12.7. The summed E-state index contributed by atoms with van der Waals surface area (Å²) < 4.78 is 5.25. The molecule has 1 amide bonds. The smallest absolute Gasteiger partial charge is 0.252 e. The second-order valence-electron chi connectivity index (χ2n) is 6.44. The van der Waals surface area contributed by atoms with Gasteiger partial charge in [-0.05, 0) is 56.5 Å². The van der Waals surface area contributed by atoms with Gasteiger partial charge in [-0.3, -0.25) is 14.7 Å². The zero-order valence-corrected chi connectivity index (χ0v) is 16.1. The molecule has 0 bridgehead atoms. The summed E-state index contributed by atoms with van der Waals surface area (Å²) in [7, 11) is 1.64. The topological polar surface area (TPSA) is 41.9 Å². The summed E-state index contributed by atoms with van der Waals surface area (Å²) in [4.78, 5) is 19.5. The van der Waals surface area contributed by atoms with Crippen LogP contribution in [-0.2, 0) is 4.79 Å². The van der Waals surface area contributed by atoms with Gasteiger partial charge < -0.3 is 4.74 Å². The van der Waals surface area contributed by atoms with Crippen molar-refractivity contribution in [3.8, 4) is 5.75 Å². The van der Waals surface area contributed by atoms with E-state index in [1.165, 1.54) is 19.3 Å². The van der Waals surface area contributed by atoms with Gasteiger partial charge >= 0.3 is 0 Å². The van der Waals surface area contributed by atoms with Crippen LogP contribution in [0.15, 0.2) is 47.5 Å². The Morgan fingerprint density at radius 1 is 1.27 bits per heavy atom. The van der Waals surface area contributed by atoms with Gasteiger partial charge in [-0.15, -0.1) is 0 Å². The summed E-state index contributed by atoms with van der Waals surface area (Å²) in [6.45, 7) is 4.62. The first kappa shape index (κ1) is 20.0. The number of hydrogen-bond donors (Lipinski definition) is 0. The molecule has 0 aliphatic heterocycles. The van der Waals surface area contributed by atoms with E-state index in [2.05, 4.69) is 4.99 Å². The fourth-order valence-electron chi connectivity index (χ4n) is 3.33. The molecule has 0 saturated heterocycles. The molecule has 1 saturated carbocycles. The van der Waals surface area contributed by atoms with Crippen molar-refractivity contribution in [3.63, 3.8) is 0 Å². The standard InChI is InChI=1S/C22H30N2O2/c1-4-10-21(23-5-2)24(19-12-7-6-8-13-19)22(25)16-15-18-11-9-14-20(17-18)26-3/h4,9-11,14-17,19H,5-8,12-13H2,1-3H3/b10-4-,16-15+,23-21?. The van der Waals surface area contributed by atoms with E-state index in [9.17, 15) is 4.79 Å². The van der Waals surface area contributed by atoms with E-state index in [4.69, 9.17) is 4.74 Å². The van der Waals surface area contributed by atoms with Crippen LogP contribution in [0.25, 0.3) is 6.08 Å². The van der Waals surface area contributed by atoms with Crippen molar-refractivity contribution < 1.29 is 9.53 Å². The molecule has 0 aromatic heterocycles. The lowest BCUT2D eigenvalue weighted by Crippen LogP contribution is -2.44. The van der Waals surface area contributed by atoms with Gasteiger partial charge in [0.2, 0.25) is 0 Å². The number of carbonyl (C=O) groups excluding carboxylic acids is 1. The molecule has 1 aliphatic rings.